The van der Waals surface area contributed by atoms with Crippen LogP contribution in [0.3, 0.4) is 0 Å². The van der Waals surface area contributed by atoms with Gasteiger partial charge in [0.15, 0.2) is 0 Å². The van der Waals surface area contributed by atoms with Gasteiger partial charge in [-0.3, -0.25) is 13.3 Å². The Bertz CT molecular complexity index is 1180. The molecule has 2 aromatic rings. The van der Waals surface area contributed by atoms with Gasteiger partial charge in [0.2, 0.25) is 0 Å². The van der Waals surface area contributed by atoms with E-state index in [1.54, 1.807) is 30.3 Å². The van der Waals surface area contributed by atoms with Gasteiger partial charge < -0.3 is 5.11 Å². The average molecular weight is 502 g/mol. The third-order valence-corrected chi connectivity index (χ3v) is 6.48. The van der Waals surface area contributed by atoms with E-state index in [4.69, 9.17) is 8.37 Å². The highest BCUT2D eigenvalue weighted by molar-refractivity contribution is 7.86. The molecule has 0 heterocycles. The summed E-state index contributed by atoms with van der Waals surface area (Å²) in [5.74, 6) is -2.21. The molecule has 180 valence electrons. The minimum absolute atomic E-state index is 0.0219. The molecule has 2 atom stereocenters. The van der Waals surface area contributed by atoms with Gasteiger partial charge in [-0.25, -0.2) is 9.18 Å². The van der Waals surface area contributed by atoms with E-state index in [-0.39, 0.29) is 31.0 Å². The molecule has 2 aromatic carbocycles. The summed E-state index contributed by atoms with van der Waals surface area (Å²) in [4.78, 5) is 12.8. The minimum atomic E-state index is -3.74. The normalized spacial score (nSPS) is 20.4. The molecule has 0 saturated heterocycles. The summed E-state index contributed by atoms with van der Waals surface area (Å²) in [5, 5.41) is 9.60. The summed E-state index contributed by atoms with van der Waals surface area (Å²) in [6.45, 7) is -0.483. The molecule has 1 aliphatic rings. The van der Waals surface area contributed by atoms with Crippen LogP contribution in [0.5, 0.6) is 0 Å². The van der Waals surface area contributed by atoms with Gasteiger partial charge in [-0.2, -0.15) is 16.8 Å². The standard InChI is InChI=1S/C21H24FNO8S2/c1-32(26,27)30-12-17-18(13-31-33(2,28)29)20(17)16-9-8-15(10-19(16)22)23(21(24)25)11-14-6-4-3-5-7-14/h3-10,17-18,20H,11-13H2,1-2H3,(H,24,25). The van der Waals surface area contributed by atoms with E-state index in [1.165, 1.54) is 12.1 Å². The van der Waals surface area contributed by atoms with Gasteiger partial charge in [0, 0.05) is 0 Å². The lowest BCUT2D eigenvalue weighted by atomic mass is 10.1. The summed E-state index contributed by atoms with van der Waals surface area (Å²) in [7, 11) is -7.49. The van der Waals surface area contributed by atoms with Crippen molar-refractivity contribution in [1.29, 1.82) is 0 Å². The second kappa shape index (κ2) is 9.75. The highest BCUT2D eigenvalue weighted by atomic mass is 32.2. The predicted molar refractivity (Wildman–Crippen MR) is 118 cm³/mol. The van der Waals surface area contributed by atoms with E-state index < -0.39 is 49.9 Å². The van der Waals surface area contributed by atoms with Gasteiger partial charge >= 0.3 is 6.09 Å². The maximum Gasteiger partial charge on any atom is 0.412 e. The molecular weight excluding hydrogens is 477 g/mol. The molecule has 0 bridgehead atoms. The molecule has 1 amide bonds. The van der Waals surface area contributed by atoms with Crippen LogP contribution in [-0.4, -0.2) is 53.8 Å². The van der Waals surface area contributed by atoms with Crippen LogP contribution in [0.4, 0.5) is 14.9 Å². The lowest BCUT2D eigenvalue weighted by Crippen LogP contribution is -2.28. The number of halogens is 1. The third kappa shape index (κ3) is 6.97. The van der Waals surface area contributed by atoms with Crippen LogP contribution >= 0.6 is 0 Å². The van der Waals surface area contributed by atoms with Gasteiger partial charge in [-0.05, 0) is 41.0 Å². The molecular formula is C21H24FNO8S2. The summed E-state index contributed by atoms with van der Waals surface area (Å²) < 4.78 is 70.1. The lowest BCUT2D eigenvalue weighted by molar-refractivity contribution is 0.201. The molecule has 12 heteroatoms. The molecule has 2 unspecified atom stereocenters. The first kappa shape index (κ1) is 25.1. The third-order valence-electron chi connectivity index (χ3n) is 5.35. The molecule has 0 spiro atoms. The fourth-order valence-electron chi connectivity index (χ4n) is 3.75. The quantitative estimate of drug-likeness (QED) is 0.493. The zero-order valence-corrected chi connectivity index (χ0v) is 19.6. The Labute approximate surface area is 192 Å². The molecule has 1 N–H and O–H groups in total. The van der Waals surface area contributed by atoms with Crippen molar-refractivity contribution in [2.75, 3.05) is 30.6 Å². The smallest absolute Gasteiger partial charge is 0.412 e. The van der Waals surface area contributed by atoms with Crippen molar-refractivity contribution in [2.45, 2.75) is 12.5 Å². The predicted octanol–water partition coefficient (Wildman–Crippen LogP) is 2.79. The zero-order chi connectivity index (χ0) is 24.4. The van der Waals surface area contributed by atoms with Crippen LogP contribution in [0, 0.1) is 17.7 Å². The van der Waals surface area contributed by atoms with Gasteiger partial charge in [-0.1, -0.05) is 36.4 Å². The Hall–Kier alpha value is -2.54. The van der Waals surface area contributed by atoms with Crippen LogP contribution in [0.25, 0.3) is 0 Å². The SMILES string of the molecule is CS(=O)(=O)OCC1C(COS(C)(=O)=O)C1c1ccc(N(Cc2ccccc2)C(=O)O)cc1F. The number of carboxylic acid groups (broad SMARTS) is 1. The molecule has 9 nitrogen and oxygen atoms in total. The van der Waals surface area contributed by atoms with E-state index >= 15 is 4.39 Å². The van der Waals surface area contributed by atoms with Crippen molar-refractivity contribution >= 4 is 32.0 Å². The number of carbonyl (C=O) groups is 1. The van der Waals surface area contributed by atoms with Gasteiger partial charge in [0.05, 0.1) is 38.0 Å². The van der Waals surface area contributed by atoms with Crippen molar-refractivity contribution in [2.24, 2.45) is 11.8 Å². The number of hydrogen-bond acceptors (Lipinski definition) is 7. The van der Waals surface area contributed by atoms with Crippen LogP contribution in [-0.2, 0) is 35.1 Å². The number of rotatable bonds is 10. The molecule has 1 aliphatic carbocycles. The van der Waals surface area contributed by atoms with Gasteiger partial charge in [0.25, 0.3) is 20.2 Å². The van der Waals surface area contributed by atoms with Crippen LogP contribution in [0.1, 0.15) is 17.0 Å². The Balaban J connectivity index is 1.82. The number of amides is 1. The van der Waals surface area contributed by atoms with E-state index in [2.05, 4.69) is 0 Å². The molecule has 1 fully saturated rings. The Morgan fingerprint density at radius 3 is 1.97 bits per heavy atom. The maximum atomic E-state index is 15.1. The maximum absolute atomic E-state index is 15.1. The number of anilines is 1. The van der Waals surface area contributed by atoms with Crippen molar-refractivity contribution in [1.82, 2.24) is 0 Å². The first-order valence-corrected chi connectivity index (χ1v) is 13.5. The minimum Gasteiger partial charge on any atom is -0.465 e. The average Bonchev–Trinajstić information content (AvgIpc) is 3.41. The summed E-state index contributed by atoms with van der Waals surface area (Å²) in [5.41, 5.74) is 1.05. The van der Waals surface area contributed by atoms with Crippen molar-refractivity contribution in [3.63, 3.8) is 0 Å². The fourth-order valence-corrected chi connectivity index (χ4v) is 4.56. The molecule has 0 aliphatic heterocycles. The second-order valence-corrected chi connectivity index (χ2v) is 11.2. The Morgan fingerprint density at radius 2 is 1.52 bits per heavy atom. The molecule has 0 radical (unpaired) electrons. The monoisotopic (exact) mass is 501 g/mol. The Morgan fingerprint density at radius 1 is 0.970 bits per heavy atom. The van der Waals surface area contributed by atoms with Crippen LogP contribution in [0.2, 0.25) is 0 Å². The van der Waals surface area contributed by atoms with Crippen molar-refractivity contribution in [3.05, 3.63) is 65.5 Å². The molecule has 33 heavy (non-hydrogen) atoms. The largest absolute Gasteiger partial charge is 0.465 e. The molecule has 0 aromatic heterocycles. The number of benzene rings is 2. The Kier molecular flexibility index (Phi) is 7.42. The fraction of sp³-hybridized carbons (Fsp3) is 0.381. The van der Waals surface area contributed by atoms with E-state index in [1.807, 2.05) is 0 Å². The van der Waals surface area contributed by atoms with Crippen LogP contribution < -0.4 is 4.90 Å². The van der Waals surface area contributed by atoms with Crippen molar-refractivity contribution in [3.8, 4) is 0 Å². The topological polar surface area (TPSA) is 127 Å². The first-order valence-electron chi connectivity index (χ1n) is 9.88. The van der Waals surface area contributed by atoms with E-state index in [0.29, 0.717) is 0 Å². The number of hydrogen-bond donors (Lipinski definition) is 1. The summed E-state index contributed by atoms with van der Waals surface area (Å²) in [6, 6.07) is 12.8. The lowest BCUT2D eigenvalue weighted by Gasteiger charge is -2.20. The van der Waals surface area contributed by atoms with Gasteiger partial charge in [0.1, 0.15) is 5.82 Å². The van der Waals surface area contributed by atoms with Gasteiger partial charge in [-0.15, -0.1) is 0 Å². The highest BCUT2D eigenvalue weighted by Gasteiger charge is 2.53. The second-order valence-electron chi connectivity index (χ2n) is 7.89. The molecule has 1 saturated carbocycles. The van der Waals surface area contributed by atoms with Crippen LogP contribution in [0.15, 0.2) is 48.5 Å². The first-order chi connectivity index (χ1) is 15.4. The zero-order valence-electron chi connectivity index (χ0n) is 17.9. The highest BCUT2D eigenvalue weighted by Crippen LogP contribution is 2.55. The summed E-state index contributed by atoms with van der Waals surface area (Å²) >= 11 is 0. The van der Waals surface area contributed by atoms with E-state index in [9.17, 15) is 26.7 Å². The van der Waals surface area contributed by atoms with E-state index in [0.717, 1.165) is 29.0 Å². The molecule has 3 rings (SSSR count). The number of nitrogens with zero attached hydrogens (tertiary/aromatic N) is 1. The van der Waals surface area contributed by atoms with Crippen molar-refractivity contribution < 1.29 is 39.5 Å². The summed E-state index contributed by atoms with van der Waals surface area (Å²) in [6.07, 6.45) is 0.514.